The van der Waals surface area contributed by atoms with Gasteiger partial charge in [-0.1, -0.05) is 36.4 Å². The van der Waals surface area contributed by atoms with E-state index in [-0.39, 0.29) is 12.4 Å². The van der Waals surface area contributed by atoms with Crippen LogP contribution in [0.5, 0.6) is 0 Å². The molecule has 0 heterocycles. The quantitative estimate of drug-likeness (QED) is 0.281. The van der Waals surface area contributed by atoms with E-state index < -0.39 is 11.8 Å². The highest BCUT2D eigenvalue weighted by Gasteiger charge is 2.12. The predicted octanol–water partition coefficient (Wildman–Crippen LogP) is 4.12. The van der Waals surface area contributed by atoms with E-state index in [4.69, 9.17) is 0 Å². The number of aliphatic hydroxyl groups is 1. The van der Waals surface area contributed by atoms with Gasteiger partial charge in [0.2, 0.25) is 0 Å². The number of benzene rings is 2. The van der Waals surface area contributed by atoms with Crippen molar-refractivity contribution in [1.29, 1.82) is 0 Å². The molecule has 0 spiro atoms. The first kappa shape index (κ1) is 17.8. The lowest BCUT2D eigenvalue weighted by atomic mass is 10.1. The summed E-state index contributed by atoms with van der Waals surface area (Å²) in [6, 6.07) is 13.5. The highest BCUT2D eigenvalue weighted by atomic mass is 32.2. The molecule has 2 rings (SSSR count). The SMILES string of the molecule is CCOC(=O)C(=O)/C=C/C(SC)=C(\O)c1ccc2ccccc2c1. The molecule has 2 aromatic carbocycles. The molecule has 0 radical (unpaired) electrons. The zero-order valence-corrected chi connectivity index (χ0v) is 14.3. The van der Waals surface area contributed by atoms with Gasteiger partial charge in [0.25, 0.3) is 5.78 Å². The highest BCUT2D eigenvalue weighted by molar-refractivity contribution is 8.02. The maximum atomic E-state index is 11.6. The molecule has 0 saturated carbocycles. The van der Waals surface area contributed by atoms with E-state index in [9.17, 15) is 14.7 Å². The van der Waals surface area contributed by atoms with Gasteiger partial charge in [-0.3, -0.25) is 4.79 Å². The van der Waals surface area contributed by atoms with Crippen molar-refractivity contribution >= 4 is 40.0 Å². The number of rotatable bonds is 6. The van der Waals surface area contributed by atoms with Gasteiger partial charge in [-0.05, 0) is 42.2 Å². The van der Waals surface area contributed by atoms with E-state index in [2.05, 4.69) is 4.74 Å². The van der Waals surface area contributed by atoms with Crippen LogP contribution in [0.1, 0.15) is 12.5 Å². The minimum Gasteiger partial charge on any atom is -0.506 e. The molecule has 124 valence electrons. The molecule has 0 amide bonds. The second-order valence-corrected chi connectivity index (χ2v) is 5.75. The molecular formula is C19H18O4S. The molecule has 0 unspecified atom stereocenters. The molecule has 2 aromatic rings. The number of hydrogen-bond donors (Lipinski definition) is 1. The summed E-state index contributed by atoms with van der Waals surface area (Å²) in [7, 11) is 0. The Labute approximate surface area is 144 Å². The van der Waals surface area contributed by atoms with Crippen molar-refractivity contribution in [1.82, 2.24) is 0 Å². The third kappa shape index (κ3) is 4.26. The predicted molar refractivity (Wildman–Crippen MR) is 97.8 cm³/mol. The average Bonchev–Trinajstić information content (AvgIpc) is 2.61. The van der Waals surface area contributed by atoms with E-state index in [0.717, 1.165) is 16.8 Å². The van der Waals surface area contributed by atoms with Gasteiger partial charge >= 0.3 is 5.97 Å². The van der Waals surface area contributed by atoms with Crippen molar-refractivity contribution in [3.05, 3.63) is 65.1 Å². The van der Waals surface area contributed by atoms with Crippen LogP contribution in [0.15, 0.2) is 59.5 Å². The van der Waals surface area contributed by atoms with Gasteiger partial charge in [0.05, 0.1) is 6.61 Å². The minimum atomic E-state index is -0.903. The van der Waals surface area contributed by atoms with Gasteiger partial charge in [0, 0.05) is 10.5 Å². The van der Waals surface area contributed by atoms with Crippen LogP contribution in [-0.4, -0.2) is 29.7 Å². The summed E-state index contributed by atoms with van der Waals surface area (Å²) < 4.78 is 4.64. The van der Waals surface area contributed by atoms with E-state index in [1.54, 1.807) is 13.2 Å². The molecule has 1 N–H and O–H groups in total. The first-order valence-electron chi connectivity index (χ1n) is 7.42. The molecule has 4 nitrogen and oxygen atoms in total. The Kier molecular flexibility index (Phi) is 6.21. The molecule has 0 atom stereocenters. The minimum absolute atomic E-state index is 0.0566. The third-order valence-corrected chi connectivity index (χ3v) is 4.11. The van der Waals surface area contributed by atoms with Crippen molar-refractivity contribution in [3.8, 4) is 0 Å². The monoisotopic (exact) mass is 342 g/mol. The van der Waals surface area contributed by atoms with Crippen molar-refractivity contribution < 1.29 is 19.4 Å². The Bertz CT molecular complexity index is 821. The van der Waals surface area contributed by atoms with Gasteiger partial charge in [0.1, 0.15) is 5.76 Å². The van der Waals surface area contributed by atoms with Gasteiger partial charge < -0.3 is 9.84 Å². The van der Waals surface area contributed by atoms with Crippen molar-refractivity contribution in [3.63, 3.8) is 0 Å². The van der Waals surface area contributed by atoms with Crippen LogP contribution >= 0.6 is 11.8 Å². The topological polar surface area (TPSA) is 63.6 Å². The number of hydrogen-bond acceptors (Lipinski definition) is 5. The number of ether oxygens (including phenoxy) is 1. The number of ketones is 1. The summed E-state index contributed by atoms with van der Waals surface area (Å²) in [5.74, 6) is -1.60. The Morgan fingerprint density at radius 1 is 1.12 bits per heavy atom. The first-order valence-corrected chi connectivity index (χ1v) is 8.64. The summed E-state index contributed by atoms with van der Waals surface area (Å²) in [4.78, 5) is 23.4. The third-order valence-electron chi connectivity index (χ3n) is 3.34. The van der Waals surface area contributed by atoms with Crippen LogP contribution in [0, 0.1) is 0 Å². The van der Waals surface area contributed by atoms with Gasteiger partial charge in [-0.15, -0.1) is 11.8 Å². The molecule has 0 aromatic heterocycles. The van der Waals surface area contributed by atoms with Gasteiger partial charge in [-0.25, -0.2) is 4.79 Å². The van der Waals surface area contributed by atoms with Crippen LogP contribution in [0.3, 0.4) is 0 Å². The number of aliphatic hydroxyl groups excluding tert-OH is 1. The highest BCUT2D eigenvalue weighted by Crippen LogP contribution is 2.27. The van der Waals surface area contributed by atoms with Crippen molar-refractivity contribution in [2.45, 2.75) is 6.92 Å². The van der Waals surface area contributed by atoms with Crippen LogP contribution in [0.2, 0.25) is 0 Å². The lowest BCUT2D eigenvalue weighted by Gasteiger charge is -2.06. The standard InChI is InChI=1S/C19H18O4S/c1-3-23-19(22)16(20)10-11-17(24-2)18(21)15-9-8-13-6-4-5-7-14(13)12-15/h4-12,21H,3H2,1-2H3/b11-10+,18-17+. The molecular weight excluding hydrogens is 324 g/mol. The van der Waals surface area contributed by atoms with Crippen molar-refractivity contribution in [2.24, 2.45) is 0 Å². The molecule has 5 heteroatoms. The van der Waals surface area contributed by atoms with E-state index in [1.165, 1.54) is 17.8 Å². The molecule has 0 saturated heterocycles. The fourth-order valence-corrected chi connectivity index (χ4v) is 2.66. The molecule has 0 aliphatic rings. The molecule has 0 aliphatic carbocycles. The largest absolute Gasteiger partial charge is 0.506 e. The molecule has 0 bridgehead atoms. The van der Waals surface area contributed by atoms with Crippen LogP contribution in [0.25, 0.3) is 16.5 Å². The summed E-state index contributed by atoms with van der Waals surface area (Å²) in [6.07, 6.45) is 4.32. The lowest BCUT2D eigenvalue weighted by Crippen LogP contribution is -2.14. The number of fused-ring (bicyclic) bond motifs is 1. The van der Waals surface area contributed by atoms with E-state index in [0.29, 0.717) is 10.5 Å². The summed E-state index contributed by atoms with van der Waals surface area (Å²) in [6.45, 7) is 1.78. The second-order valence-electron chi connectivity index (χ2n) is 4.90. The summed E-state index contributed by atoms with van der Waals surface area (Å²) in [5, 5.41) is 12.6. The van der Waals surface area contributed by atoms with E-state index in [1.807, 2.05) is 42.5 Å². The first-order chi connectivity index (χ1) is 11.6. The maximum Gasteiger partial charge on any atom is 0.379 e. The van der Waals surface area contributed by atoms with Gasteiger partial charge in [0.15, 0.2) is 0 Å². The van der Waals surface area contributed by atoms with Crippen LogP contribution < -0.4 is 0 Å². The number of carbonyl (C=O) groups excluding carboxylic acids is 2. The zero-order valence-electron chi connectivity index (χ0n) is 13.5. The zero-order chi connectivity index (χ0) is 17.5. The van der Waals surface area contributed by atoms with Crippen molar-refractivity contribution in [2.75, 3.05) is 12.9 Å². The van der Waals surface area contributed by atoms with Gasteiger partial charge in [-0.2, -0.15) is 0 Å². The molecule has 0 fully saturated rings. The lowest BCUT2D eigenvalue weighted by molar-refractivity contribution is -0.151. The summed E-state index contributed by atoms with van der Waals surface area (Å²) >= 11 is 1.28. The number of allylic oxidation sites excluding steroid dienone is 1. The van der Waals surface area contributed by atoms with Crippen LogP contribution in [-0.2, 0) is 14.3 Å². The number of esters is 1. The number of thioether (sulfide) groups is 1. The Balaban J connectivity index is 2.31. The Morgan fingerprint density at radius 2 is 1.83 bits per heavy atom. The second kappa shape index (κ2) is 8.36. The average molecular weight is 342 g/mol. The summed E-state index contributed by atoms with van der Waals surface area (Å²) in [5.41, 5.74) is 0.645. The van der Waals surface area contributed by atoms with E-state index >= 15 is 0 Å². The molecule has 24 heavy (non-hydrogen) atoms. The smallest absolute Gasteiger partial charge is 0.379 e. The Hall–Kier alpha value is -2.53. The number of carbonyl (C=O) groups is 2. The fraction of sp³-hybridized carbons (Fsp3) is 0.158. The van der Waals surface area contributed by atoms with Crippen LogP contribution in [0.4, 0.5) is 0 Å². The molecule has 0 aliphatic heterocycles. The maximum absolute atomic E-state index is 11.6. The fourth-order valence-electron chi connectivity index (χ4n) is 2.14. The normalized spacial score (nSPS) is 12.2. The Morgan fingerprint density at radius 3 is 2.50 bits per heavy atom.